The van der Waals surface area contributed by atoms with E-state index in [0.29, 0.717) is 51.2 Å². The third-order valence-electron chi connectivity index (χ3n) is 8.18. The highest BCUT2D eigenvalue weighted by Gasteiger charge is 2.15. The van der Waals surface area contributed by atoms with Crippen LogP contribution in [0.1, 0.15) is 21.6 Å². The summed E-state index contributed by atoms with van der Waals surface area (Å²) >= 11 is 0. The molecule has 3 aromatic carbocycles. The Bertz CT molecular complexity index is 2510. The van der Waals surface area contributed by atoms with Crippen molar-refractivity contribution in [2.24, 2.45) is 7.05 Å². The predicted octanol–water partition coefficient (Wildman–Crippen LogP) is 4.05. The second kappa shape index (κ2) is 14.4. The summed E-state index contributed by atoms with van der Waals surface area (Å²) in [4.78, 5) is 41.9. The first-order valence-electron chi connectivity index (χ1n) is 16.1. The number of pyridine rings is 1. The van der Waals surface area contributed by atoms with Crippen molar-refractivity contribution in [1.82, 2.24) is 40.1 Å². The average Bonchev–Trinajstić information content (AvgIpc) is 3.58. The van der Waals surface area contributed by atoms with Crippen LogP contribution in [0.3, 0.4) is 0 Å². The maximum Gasteiger partial charge on any atom is 0.272 e. The number of aryl methyl sites for hydroxylation is 1. The Kier molecular flexibility index (Phi) is 9.28. The lowest BCUT2D eigenvalue weighted by molar-refractivity contribution is 0.0943. The topological polar surface area (TPSA) is 159 Å². The molecule has 0 saturated heterocycles. The van der Waals surface area contributed by atoms with Gasteiger partial charge in [-0.15, -0.1) is 0 Å². The zero-order valence-corrected chi connectivity index (χ0v) is 27.4. The first-order chi connectivity index (χ1) is 24.8. The number of carbonyl (C=O) groups is 1. The van der Waals surface area contributed by atoms with Gasteiger partial charge in [-0.3, -0.25) is 24.0 Å². The van der Waals surface area contributed by atoms with Crippen LogP contribution < -0.4 is 25.9 Å². The summed E-state index contributed by atoms with van der Waals surface area (Å²) in [6.45, 7) is 0.687. The maximum absolute atomic E-state index is 14.7. The maximum atomic E-state index is 14.7. The summed E-state index contributed by atoms with van der Waals surface area (Å²) in [5, 5.41) is 19.9. The molecule has 0 fully saturated rings. The smallest absolute Gasteiger partial charge is 0.272 e. The normalized spacial score (nSPS) is 11.2. The second-order valence-electron chi connectivity index (χ2n) is 11.7. The molecule has 0 aliphatic carbocycles. The molecule has 0 saturated carbocycles. The molecule has 4 heterocycles. The highest BCUT2D eigenvalue weighted by molar-refractivity contribution is 5.94. The number of halogens is 1. The quantitative estimate of drug-likeness (QED) is 0.181. The number of carbonyl (C=O) groups excluding carboxylic acids is 1. The number of aromatic amines is 1. The third kappa shape index (κ3) is 7.34. The van der Waals surface area contributed by atoms with Gasteiger partial charge in [0.1, 0.15) is 30.5 Å². The number of H-pyrrole nitrogens is 1. The fourth-order valence-corrected chi connectivity index (χ4v) is 5.66. The molecular weight excluding hydrogens is 655 g/mol. The molecule has 7 rings (SSSR count). The number of fused-ring (bicyclic) bond motifs is 2. The van der Waals surface area contributed by atoms with E-state index >= 15 is 0 Å². The lowest BCUT2D eigenvalue weighted by atomic mass is 10.0. The summed E-state index contributed by atoms with van der Waals surface area (Å²) in [7, 11) is 1.81. The minimum Gasteiger partial charge on any atom is -0.492 e. The van der Waals surface area contributed by atoms with Gasteiger partial charge in [-0.25, -0.2) is 14.2 Å². The van der Waals surface area contributed by atoms with Crippen LogP contribution in [-0.2, 0) is 20.0 Å². The average molecular weight is 687 g/mol. The minimum absolute atomic E-state index is 0.106. The van der Waals surface area contributed by atoms with Crippen LogP contribution in [-0.4, -0.2) is 60.4 Å². The van der Waals surface area contributed by atoms with Crippen LogP contribution in [0.4, 0.5) is 4.39 Å². The van der Waals surface area contributed by atoms with Gasteiger partial charge in [-0.05, 0) is 48.0 Å². The summed E-state index contributed by atoms with van der Waals surface area (Å²) < 4.78 is 29.6. The molecule has 51 heavy (non-hydrogen) atoms. The van der Waals surface area contributed by atoms with Gasteiger partial charge >= 0.3 is 0 Å². The molecule has 1 amide bonds. The zero-order valence-electron chi connectivity index (χ0n) is 27.4. The number of hydrogen-bond donors (Lipinski definition) is 2. The number of ether oxygens (including phenoxy) is 2. The SMILES string of the molecule is Cn1cc(-c2ccc(=O)n(CCOc3ccnc4cc(OCCNC(=O)c5cc(Cc6n[nH]c(=O)c7ccccc67)ccc5F)ccc34)n2)cn1. The summed E-state index contributed by atoms with van der Waals surface area (Å²) in [5.41, 5.74) is 2.70. The Labute approximate surface area is 289 Å². The Balaban J connectivity index is 0.936. The number of nitrogens with zero attached hydrogens (tertiary/aromatic N) is 6. The van der Waals surface area contributed by atoms with Crippen molar-refractivity contribution in [1.29, 1.82) is 0 Å². The van der Waals surface area contributed by atoms with Gasteiger partial charge in [0.25, 0.3) is 17.0 Å². The van der Waals surface area contributed by atoms with E-state index in [1.54, 1.807) is 65.6 Å². The van der Waals surface area contributed by atoms with E-state index in [9.17, 15) is 18.8 Å². The molecule has 14 heteroatoms. The Hall–Kier alpha value is -6.70. The summed E-state index contributed by atoms with van der Waals surface area (Å²) in [6.07, 6.45) is 5.42. The van der Waals surface area contributed by atoms with E-state index < -0.39 is 11.7 Å². The molecule has 7 aromatic rings. The van der Waals surface area contributed by atoms with Crippen molar-refractivity contribution >= 4 is 27.6 Å². The van der Waals surface area contributed by atoms with Gasteiger partial charge in [0.15, 0.2) is 0 Å². The number of nitrogens with one attached hydrogen (secondary N) is 2. The Morgan fingerprint density at radius 1 is 0.941 bits per heavy atom. The predicted molar refractivity (Wildman–Crippen MR) is 187 cm³/mol. The van der Waals surface area contributed by atoms with E-state index in [4.69, 9.17) is 9.47 Å². The lowest BCUT2D eigenvalue weighted by Gasteiger charge is -2.12. The molecule has 0 unspecified atom stereocenters. The van der Waals surface area contributed by atoms with Crippen LogP contribution in [0.15, 0.2) is 107 Å². The number of rotatable bonds is 12. The molecule has 4 aromatic heterocycles. The molecule has 2 N–H and O–H groups in total. The number of benzene rings is 3. The van der Waals surface area contributed by atoms with Crippen molar-refractivity contribution in [2.45, 2.75) is 13.0 Å². The third-order valence-corrected chi connectivity index (χ3v) is 8.18. The van der Waals surface area contributed by atoms with Crippen molar-refractivity contribution in [3.63, 3.8) is 0 Å². The van der Waals surface area contributed by atoms with Crippen molar-refractivity contribution in [2.75, 3.05) is 19.8 Å². The van der Waals surface area contributed by atoms with Crippen LogP contribution >= 0.6 is 0 Å². The van der Waals surface area contributed by atoms with E-state index in [2.05, 4.69) is 30.7 Å². The monoisotopic (exact) mass is 686 g/mol. The minimum atomic E-state index is -0.656. The van der Waals surface area contributed by atoms with Crippen molar-refractivity contribution < 1.29 is 18.7 Å². The second-order valence-corrected chi connectivity index (χ2v) is 11.7. The molecule has 0 atom stereocenters. The first kappa shape index (κ1) is 32.8. The summed E-state index contributed by atoms with van der Waals surface area (Å²) in [5.74, 6) is -0.126. The van der Waals surface area contributed by atoms with Crippen LogP contribution in [0.5, 0.6) is 11.5 Å². The van der Waals surface area contributed by atoms with E-state index in [1.165, 1.54) is 22.9 Å². The fraction of sp³-hybridized carbons (Fsp3) is 0.162. The molecule has 0 aliphatic rings. The summed E-state index contributed by atoms with van der Waals surface area (Å²) in [6, 6.07) is 21.6. The van der Waals surface area contributed by atoms with Gasteiger partial charge < -0.3 is 14.8 Å². The number of aromatic nitrogens is 7. The molecule has 0 radical (unpaired) electrons. The van der Waals surface area contributed by atoms with E-state index in [0.717, 1.165) is 10.9 Å². The van der Waals surface area contributed by atoms with E-state index in [1.807, 2.05) is 25.4 Å². The molecule has 13 nitrogen and oxygen atoms in total. The van der Waals surface area contributed by atoms with Gasteiger partial charge in [-0.1, -0.05) is 24.3 Å². The lowest BCUT2D eigenvalue weighted by Crippen LogP contribution is -2.29. The van der Waals surface area contributed by atoms with Crippen molar-refractivity contribution in [3.05, 3.63) is 141 Å². The van der Waals surface area contributed by atoms with Crippen LogP contribution in [0, 0.1) is 5.82 Å². The highest BCUT2D eigenvalue weighted by Crippen LogP contribution is 2.27. The van der Waals surface area contributed by atoms with Gasteiger partial charge in [0, 0.05) is 54.3 Å². The molecule has 0 aliphatic heterocycles. The molecular formula is C37H31FN8O5. The van der Waals surface area contributed by atoms with Crippen LogP contribution in [0.2, 0.25) is 0 Å². The molecule has 0 spiro atoms. The zero-order chi connectivity index (χ0) is 35.3. The van der Waals surface area contributed by atoms with E-state index in [-0.39, 0.29) is 43.0 Å². The Morgan fingerprint density at radius 3 is 2.65 bits per heavy atom. The molecule has 256 valence electrons. The Morgan fingerprint density at radius 2 is 1.80 bits per heavy atom. The highest BCUT2D eigenvalue weighted by atomic mass is 19.1. The fourth-order valence-electron chi connectivity index (χ4n) is 5.66. The molecule has 0 bridgehead atoms. The van der Waals surface area contributed by atoms with Crippen molar-refractivity contribution in [3.8, 4) is 22.8 Å². The van der Waals surface area contributed by atoms with Gasteiger partial charge in [-0.2, -0.15) is 15.3 Å². The van der Waals surface area contributed by atoms with Gasteiger partial charge in [0.05, 0.1) is 47.1 Å². The first-order valence-corrected chi connectivity index (χ1v) is 16.1. The van der Waals surface area contributed by atoms with Crippen LogP contribution in [0.25, 0.3) is 32.9 Å². The van der Waals surface area contributed by atoms with Gasteiger partial charge in [0.2, 0.25) is 0 Å². The standard InChI is InChI=1S/C37H31FN8O5/c1-45-22-24(21-41-45)31-10-11-35(47)46(44-31)15-17-51-34-12-13-39-32-20-25(7-8-28(32)34)50-16-14-40-36(48)29-18-23(6-9-30(29)38)19-33-26-4-2-3-5-27(26)37(49)43-42-33/h2-13,18,20-22H,14-17,19H2,1H3,(H,40,48)(H,43,49). The largest absolute Gasteiger partial charge is 0.492 e. The number of amides is 1. The number of hydrogen-bond acceptors (Lipinski definition) is 9.